The summed E-state index contributed by atoms with van der Waals surface area (Å²) in [6.07, 6.45) is 0.846. The van der Waals surface area contributed by atoms with Gasteiger partial charge in [-0.15, -0.1) is 0 Å². The van der Waals surface area contributed by atoms with E-state index >= 15 is 0 Å². The molecule has 11 heteroatoms. The number of benzene rings is 3. The molecule has 0 aliphatic heterocycles. The van der Waals surface area contributed by atoms with Crippen molar-refractivity contribution >= 4 is 23.8 Å². The Bertz CT molecular complexity index is 1360. The van der Waals surface area contributed by atoms with Crippen molar-refractivity contribution in [2.75, 3.05) is 62.0 Å². The Morgan fingerprint density at radius 3 is 1.74 bits per heavy atom. The first-order valence-corrected chi connectivity index (χ1v) is 14.5. The topological polar surface area (TPSA) is 148 Å². The predicted octanol–water partition coefficient (Wildman–Crippen LogP) is 3.47. The van der Waals surface area contributed by atoms with Gasteiger partial charge in [0.1, 0.15) is 0 Å². The molecule has 226 valence electrons. The lowest BCUT2D eigenvalue weighted by atomic mass is 10.1. The molecule has 0 bridgehead atoms. The van der Waals surface area contributed by atoms with Gasteiger partial charge < -0.3 is 36.5 Å². The molecule has 3 aromatic carbocycles. The van der Waals surface area contributed by atoms with E-state index in [2.05, 4.69) is 48.4 Å². The highest BCUT2D eigenvalue weighted by Gasteiger charge is 2.09. The van der Waals surface area contributed by atoms with Crippen LogP contribution in [0.3, 0.4) is 0 Å². The zero-order valence-corrected chi connectivity index (χ0v) is 24.3. The van der Waals surface area contributed by atoms with Gasteiger partial charge in [-0.05, 0) is 35.2 Å². The first-order valence-electron chi connectivity index (χ1n) is 14.5. The average molecular weight is 585 g/mol. The van der Waals surface area contributed by atoms with Gasteiger partial charge in [0.15, 0.2) is 0 Å². The number of nitrogens with two attached hydrogens (primary N) is 1. The molecular weight excluding hydrogens is 544 g/mol. The zero-order valence-electron chi connectivity index (χ0n) is 24.3. The second-order valence-electron chi connectivity index (χ2n) is 9.63. The van der Waals surface area contributed by atoms with E-state index in [1.807, 2.05) is 60.7 Å². The molecule has 0 atom stereocenters. The number of nitrogens with zero attached hydrogens (tertiary/aromatic N) is 3. The third-order valence-electron chi connectivity index (χ3n) is 6.30. The summed E-state index contributed by atoms with van der Waals surface area (Å²) in [7, 11) is 0. The van der Waals surface area contributed by atoms with Crippen molar-refractivity contribution in [2.24, 2.45) is 5.73 Å². The van der Waals surface area contributed by atoms with E-state index in [1.54, 1.807) is 12.1 Å². The molecule has 1 aromatic heterocycles. The number of nitrogens with one attached hydrogen (secondary N) is 4. The molecule has 4 aromatic rings. The summed E-state index contributed by atoms with van der Waals surface area (Å²) in [6.45, 7) is 4.55. The smallest absolute Gasteiger partial charge is 0.251 e. The summed E-state index contributed by atoms with van der Waals surface area (Å²) < 4.78 is 10.7. The second-order valence-corrected chi connectivity index (χ2v) is 9.63. The van der Waals surface area contributed by atoms with Crippen LogP contribution in [0.15, 0.2) is 84.9 Å². The highest BCUT2D eigenvalue weighted by Crippen LogP contribution is 2.13. The van der Waals surface area contributed by atoms with Crippen molar-refractivity contribution < 1.29 is 14.3 Å². The Hall–Kier alpha value is -4.58. The number of carbonyl (C=O) groups is 1. The molecule has 0 saturated carbocycles. The van der Waals surface area contributed by atoms with E-state index < -0.39 is 0 Å². The molecule has 0 aliphatic rings. The molecule has 0 saturated heterocycles. The van der Waals surface area contributed by atoms with Crippen molar-refractivity contribution in [3.05, 3.63) is 107 Å². The number of rotatable bonds is 19. The van der Waals surface area contributed by atoms with Crippen molar-refractivity contribution in [1.82, 2.24) is 20.3 Å². The van der Waals surface area contributed by atoms with Crippen LogP contribution in [0.1, 0.15) is 27.0 Å². The molecule has 11 nitrogen and oxygen atoms in total. The Morgan fingerprint density at radius 1 is 0.605 bits per heavy atom. The number of hydrogen-bond donors (Lipinski definition) is 5. The van der Waals surface area contributed by atoms with Crippen molar-refractivity contribution in [3.8, 4) is 0 Å². The quantitative estimate of drug-likeness (QED) is 0.104. The Kier molecular flexibility index (Phi) is 13.2. The number of ether oxygens (including phenoxy) is 2. The third kappa shape index (κ3) is 11.7. The highest BCUT2D eigenvalue weighted by atomic mass is 16.5. The molecule has 0 unspecified atom stereocenters. The van der Waals surface area contributed by atoms with Crippen molar-refractivity contribution in [1.29, 1.82) is 0 Å². The maximum Gasteiger partial charge on any atom is 0.251 e. The Morgan fingerprint density at radius 2 is 1.14 bits per heavy atom. The summed E-state index contributed by atoms with van der Waals surface area (Å²) in [6, 6.07) is 27.8. The number of hydrogen-bond acceptors (Lipinski definition) is 10. The lowest BCUT2D eigenvalue weighted by Crippen LogP contribution is -2.27. The first-order chi connectivity index (χ1) is 21.2. The minimum absolute atomic E-state index is 0.152. The maximum absolute atomic E-state index is 12.5. The van der Waals surface area contributed by atoms with Crippen LogP contribution < -0.4 is 27.0 Å². The molecule has 0 radical (unpaired) electrons. The fourth-order valence-electron chi connectivity index (χ4n) is 4.05. The van der Waals surface area contributed by atoms with E-state index in [0.717, 1.165) is 17.5 Å². The predicted molar refractivity (Wildman–Crippen MR) is 169 cm³/mol. The molecule has 0 fully saturated rings. The molecule has 0 spiro atoms. The van der Waals surface area contributed by atoms with Gasteiger partial charge in [-0.25, -0.2) is 0 Å². The molecule has 1 amide bonds. The average Bonchev–Trinajstić information content (AvgIpc) is 3.05. The fourth-order valence-corrected chi connectivity index (χ4v) is 4.05. The van der Waals surface area contributed by atoms with Crippen LogP contribution in [-0.4, -0.2) is 66.9 Å². The Balaban J connectivity index is 1.28. The van der Waals surface area contributed by atoms with E-state index in [1.165, 1.54) is 5.56 Å². The third-order valence-corrected chi connectivity index (χ3v) is 6.30. The minimum atomic E-state index is -0.152. The summed E-state index contributed by atoms with van der Waals surface area (Å²) in [5.41, 5.74) is 9.29. The van der Waals surface area contributed by atoms with Crippen LogP contribution in [0.5, 0.6) is 0 Å². The molecular formula is C32H40N8O3. The van der Waals surface area contributed by atoms with Crippen LogP contribution in [0.25, 0.3) is 0 Å². The van der Waals surface area contributed by atoms with Gasteiger partial charge in [-0.3, -0.25) is 4.79 Å². The lowest BCUT2D eigenvalue weighted by Gasteiger charge is -2.12. The van der Waals surface area contributed by atoms with Crippen molar-refractivity contribution in [2.45, 2.75) is 19.5 Å². The van der Waals surface area contributed by atoms with Gasteiger partial charge in [0.05, 0.1) is 26.4 Å². The molecule has 0 aliphatic carbocycles. The van der Waals surface area contributed by atoms with Crippen LogP contribution >= 0.6 is 0 Å². The summed E-state index contributed by atoms with van der Waals surface area (Å²) in [4.78, 5) is 26.2. The molecule has 4 rings (SSSR count). The Labute approximate surface area is 252 Å². The SMILES string of the molecule is NCCOCCOCCNC(=O)c1ccc(CNc2nc(NCCc3ccccc3)nc(NCc3ccccc3)n2)cc1. The maximum atomic E-state index is 12.5. The van der Waals surface area contributed by atoms with Crippen LogP contribution in [0.2, 0.25) is 0 Å². The van der Waals surface area contributed by atoms with Crippen LogP contribution in [-0.2, 0) is 29.0 Å². The largest absolute Gasteiger partial charge is 0.378 e. The fraction of sp³-hybridized carbons (Fsp3) is 0.312. The number of carbonyl (C=O) groups excluding carboxylic acids is 1. The van der Waals surface area contributed by atoms with Gasteiger partial charge >= 0.3 is 0 Å². The van der Waals surface area contributed by atoms with E-state index in [4.69, 9.17) is 15.2 Å². The minimum Gasteiger partial charge on any atom is -0.378 e. The van der Waals surface area contributed by atoms with Crippen molar-refractivity contribution in [3.63, 3.8) is 0 Å². The first kappa shape index (κ1) is 31.4. The summed E-state index contributed by atoms with van der Waals surface area (Å²) in [5.74, 6) is 1.26. The summed E-state index contributed by atoms with van der Waals surface area (Å²) in [5, 5.41) is 12.8. The van der Waals surface area contributed by atoms with Gasteiger partial charge in [-0.2, -0.15) is 15.0 Å². The highest BCUT2D eigenvalue weighted by molar-refractivity contribution is 5.94. The van der Waals surface area contributed by atoms with E-state index in [9.17, 15) is 4.79 Å². The zero-order chi connectivity index (χ0) is 30.0. The number of amides is 1. The van der Waals surface area contributed by atoms with Gasteiger partial charge in [-0.1, -0.05) is 72.8 Å². The van der Waals surface area contributed by atoms with Gasteiger partial charge in [0.25, 0.3) is 5.91 Å². The second kappa shape index (κ2) is 18.1. The van der Waals surface area contributed by atoms with E-state index in [0.29, 0.717) is 82.6 Å². The van der Waals surface area contributed by atoms with Gasteiger partial charge in [0.2, 0.25) is 17.8 Å². The number of anilines is 3. The van der Waals surface area contributed by atoms with Gasteiger partial charge in [0, 0.05) is 38.3 Å². The normalized spacial score (nSPS) is 10.7. The van der Waals surface area contributed by atoms with Crippen LogP contribution in [0.4, 0.5) is 17.8 Å². The standard InChI is InChI=1S/C32H40N8O3/c33-16-19-42-21-22-43-20-18-34-29(41)28-13-11-27(12-14-28)24-37-32-39-30(35-17-15-25-7-3-1-4-8-25)38-31(40-32)36-23-26-9-5-2-6-10-26/h1-14H,15-24,33H2,(H,34,41)(H3,35,36,37,38,39,40). The monoisotopic (exact) mass is 584 g/mol. The summed E-state index contributed by atoms with van der Waals surface area (Å²) >= 11 is 0. The van der Waals surface area contributed by atoms with Crippen LogP contribution in [0, 0.1) is 0 Å². The lowest BCUT2D eigenvalue weighted by molar-refractivity contribution is 0.0511. The molecule has 6 N–H and O–H groups in total. The molecule has 1 heterocycles. The molecule has 43 heavy (non-hydrogen) atoms. The van der Waals surface area contributed by atoms with E-state index in [-0.39, 0.29) is 5.91 Å². The number of aromatic nitrogens is 3.